The maximum Gasteiger partial charge on any atom is 0.309 e. The van der Waals surface area contributed by atoms with Crippen LogP contribution in [0.15, 0.2) is 30.7 Å². The van der Waals surface area contributed by atoms with E-state index in [4.69, 9.17) is 5.11 Å². The molecule has 16 heavy (non-hydrogen) atoms. The van der Waals surface area contributed by atoms with Gasteiger partial charge in [-0.05, 0) is 12.1 Å². The summed E-state index contributed by atoms with van der Waals surface area (Å²) in [5, 5.41) is 8.67. The third-order valence-corrected chi connectivity index (χ3v) is 2.22. The van der Waals surface area contributed by atoms with Crippen molar-refractivity contribution in [3.8, 4) is 11.4 Å². The van der Waals surface area contributed by atoms with Crippen LogP contribution in [0.2, 0.25) is 0 Å². The second-order valence-corrected chi connectivity index (χ2v) is 3.47. The molecule has 0 aliphatic rings. The summed E-state index contributed by atoms with van der Waals surface area (Å²) in [6.07, 6.45) is 4.90. The number of aryl methyl sites for hydroxylation is 1. The van der Waals surface area contributed by atoms with Crippen molar-refractivity contribution in [3.05, 3.63) is 36.4 Å². The van der Waals surface area contributed by atoms with Gasteiger partial charge in [0.25, 0.3) is 0 Å². The van der Waals surface area contributed by atoms with Crippen LogP contribution in [-0.2, 0) is 18.3 Å². The molecule has 1 N–H and O–H groups in total. The maximum absolute atomic E-state index is 10.6. The fourth-order valence-corrected chi connectivity index (χ4v) is 1.50. The summed E-state index contributed by atoms with van der Waals surface area (Å²) in [5.41, 5.74) is 2.07. The fraction of sp³-hybridized carbons (Fsp3) is 0.182. The number of nitrogens with zero attached hydrogens (tertiary/aromatic N) is 3. The molecule has 2 aromatic rings. The number of rotatable bonds is 3. The SMILES string of the molecule is Cn1cccc1-c1cncc(CC(=O)O)n1. The minimum atomic E-state index is -0.904. The Kier molecular flexibility index (Phi) is 2.68. The summed E-state index contributed by atoms with van der Waals surface area (Å²) in [7, 11) is 1.90. The minimum absolute atomic E-state index is 0.106. The van der Waals surface area contributed by atoms with Crippen LogP contribution in [0.5, 0.6) is 0 Å². The van der Waals surface area contributed by atoms with Gasteiger partial charge in [-0.1, -0.05) is 0 Å². The molecule has 2 rings (SSSR count). The van der Waals surface area contributed by atoms with Crippen LogP contribution in [0.3, 0.4) is 0 Å². The van der Waals surface area contributed by atoms with E-state index in [1.807, 2.05) is 29.9 Å². The Labute approximate surface area is 92.4 Å². The van der Waals surface area contributed by atoms with Crippen molar-refractivity contribution in [2.75, 3.05) is 0 Å². The largest absolute Gasteiger partial charge is 0.481 e. The van der Waals surface area contributed by atoms with Gasteiger partial charge in [-0.15, -0.1) is 0 Å². The number of aromatic nitrogens is 3. The van der Waals surface area contributed by atoms with E-state index in [0.29, 0.717) is 11.4 Å². The monoisotopic (exact) mass is 217 g/mol. The van der Waals surface area contributed by atoms with Crippen LogP contribution in [-0.4, -0.2) is 25.6 Å². The predicted molar refractivity (Wildman–Crippen MR) is 57.8 cm³/mol. The third-order valence-electron chi connectivity index (χ3n) is 2.22. The molecule has 0 saturated heterocycles. The Hall–Kier alpha value is -2.17. The number of aliphatic carboxylic acids is 1. The molecule has 82 valence electrons. The lowest BCUT2D eigenvalue weighted by Gasteiger charge is -2.03. The van der Waals surface area contributed by atoms with Gasteiger partial charge in [0, 0.05) is 19.4 Å². The molecule has 0 radical (unpaired) electrons. The Bertz CT molecular complexity index is 519. The zero-order valence-electron chi connectivity index (χ0n) is 8.79. The highest BCUT2D eigenvalue weighted by atomic mass is 16.4. The Morgan fingerprint density at radius 2 is 2.31 bits per heavy atom. The standard InChI is InChI=1S/C11H11N3O2/c1-14-4-2-3-10(14)9-7-12-6-8(13-9)5-11(15)16/h2-4,6-7H,5H2,1H3,(H,15,16). The molecule has 0 aliphatic carbocycles. The van der Waals surface area contributed by atoms with Crippen molar-refractivity contribution in [2.45, 2.75) is 6.42 Å². The van der Waals surface area contributed by atoms with Gasteiger partial charge >= 0.3 is 5.97 Å². The van der Waals surface area contributed by atoms with Crippen molar-refractivity contribution >= 4 is 5.97 Å². The third kappa shape index (κ3) is 2.08. The average Bonchev–Trinajstić information content (AvgIpc) is 2.64. The second-order valence-electron chi connectivity index (χ2n) is 3.47. The molecular formula is C11H11N3O2. The van der Waals surface area contributed by atoms with Gasteiger partial charge in [0.15, 0.2) is 0 Å². The van der Waals surface area contributed by atoms with Crippen LogP contribution >= 0.6 is 0 Å². The number of carboxylic acid groups (broad SMARTS) is 1. The molecule has 5 heteroatoms. The van der Waals surface area contributed by atoms with E-state index in [2.05, 4.69) is 9.97 Å². The van der Waals surface area contributed by atoms with Crippen LogP contribution in [0.4, 0.5) is 0 Å². The maximum atomic E-state index is 10.6. The van der Waals surface area contributed by atoms with E-state index in [-0.39, 0.29) is 6.42 Å². The smallest absolute Gasteiger partial charge is 0.309 e. The quantitative estimate of drug-likeness (QED) is 0.836. The van der Waals surface area contributed by atoms with Gasteiger partial charge in [0.1, 0.15) is 5.69 Å². The van der Waals surface area contributed by atoms with E-state index in [9.17, 15) is 4.79 Å². The van der Waals surface area contributed by atoms with Crippen LogP contribution in [0.1, 0.15) is 5.69 Å². The van der Waals surface area contributed by atoms with Crippen molar-refractivity contribution < 1.29 is 9.90 Å². The van der Waals surface area contributed by atoms with Crippen LogP contribution < -0.4 is 0 Å². The van der Waals surface area contributed by atoms with E-state index >= 15 is 0 Å². The highest BCUT2D eigenvalue weighted by Crippen LogP contribution is 2.15. The van der Waals surface area contributed by atoms with E-state index < -0.39 is 5.97 Å². The lowest BCUT2D eigenvalue weighted by molar-refractivity contribution is -0.136. The number of hydrogen-bond acceptors (Lipinski definition) is 3. The summed E-state index contributed by atoms with van der Waals surface area (Å²) < 4.78 is 1.91. The lowest BCUT2D eigenvalue weighted by atomic mass is 10.3. The summed E-state index contributed by atoms with van der Waals surface area (Å²) >= 11 is 0. The summed E-state index contributed by atoms with van der Waals surface area (Å²) in [5.74, 6) is -0.904. The van der Waals surface area contributed by atoms with Gasteiger partial charge < -0.3 is 9.67 Å². The molecule has 0 aliphatic heterocycles. The molecule has 5 nitrogen and oxygen atoms in total. The van der Waals surface area contributed by atoms with Gasteiger partial charge in [0.05, 0.1) is 24.0 Å². The summed E-state index contributed by atoms with van der Waals surface area (Å²) in [4.78, 5) is 18.8. The van der Waals surface area contributed by atoms with Gasteiger partial charge in [-0.25, -0.2) is 4.98 Å². The first-order chi connectivity index (χ1) is 7.66. The molecule has 0 bridgehead atoms. The van der Waals surface area contributed by atoms with Gasteiger partial charge in [-0.3, -0.25) is 9.78 Å². The zero-order valence-corrected chi connectivity index (χ0v) is 8.79. The summed E-state index contributed by atoms with van der Waals surface area (Å²) in [6, 6.07) is 3.81. The second kappa shape index (κ2) is 4.14. The van der Waals surface area contributed by atoms with Crippen molar-refractivity contribution in [1.82, 2.24) is 14.5 Å². The van der Waals surface area contributed by atoms with Gasteiger partial charge in [-0.2, -0.15) is 0 Å². The fourth-order valence-electron chi connectivity index (χ4n) is 1.50. The Morgan fingerprint density at radius 3 is 2.94 bits per heavy atom. The Morgan fingerprint density at radius 1 is 1.50 bits per heavy atom. The first-order valence-electron chi connectivity index (χ1n) is 4.81. The first kappa shape index (κ1) is 10.4. The molecule has 0 fully saturated rings. The van der Waals surface area contributed by atoms with E-state index in [1.165, 1.54) is 6.20 Å². The molecule has 0 saturated carbocycles. The average molecular weight is 217 g/mol. The highest BCUT2D eigenvalue weighted by molar-refractivity contribution is 5.69. The van der Waals surface area contributed by atoms with Crippen molar-refractivity contribution in [1.29, 1.82) is 0 Å². The molecular weight excluding hydrogens is 206 g/mol. The number of carboxylic acids is 1. The Balaban J connectivity index is 2.36. The molecule has 0 amide bonds. The van der Waals surface area contributed by atoms with Gasteiger partial charge in [0.2, 0.25) is 0 Å². The molecule has 2 heterocycles. The van der Waals surface area contributed by atoms with Crippen LogP contribution in [0, 0.1) is 0 Å². The molecule has 0 unspecified atom stereocenters. The normalized spacial score (nSPS) is 10.3. The van der Waals surface area contributed by atoms with Crippen molar-refractivity contribution in [3.63, 3.8) is 0 Å². The lowest BCUT2D eigenvalue weighted by Crippen LogP contribution is -2.04. The minimum Gasteiger partial charge on any atom is -0.481 e. The predicted octanol–water partition coefficient (Wildman–Crippen LogP) is 1.11. The van der Waals surface area contributed by atoms with E-state index in [0.717, 1.165) is 5.69 Å². The molecule has 0 aromatic carbocycles. The molecule has 0 atom stereocenters. The topological polar surface area (TPSA) is 68.0 Å². The summed E-state index contributed by atoms with van der Waals surface area (Å²) in [6.45, 7) is 0. The van der Waals surface area contributed by atoms with Crippen LogP contribution in [0.25, 0.3) is 11.4 Å². The first-order valence-corrected chi connectivity index (χ1v) is 4.81. The highest BCUT2D eigenvalue weighted by Gasteiger charge is 2.07. The molecule has 0 spiro atoms. The number of carbonyl (C=O) groups is 1. The molecule has 2 aromatic heterocycles. The van der Waals surface area contributed by atoms with Crippen molar-refractivity contribution in [2.24, 2.45) is 7.05 Å². The van der Waals surface area contributed by atoms with E-state index in [1.54, 1.807) is 6.20 Å². The number of hydrogen-bond donors (Lipinski definition) is 1. The zero-order chi connectivity index (χ0) is 11.5.